The van der Waals surface area contributed by atoms with Crippen molar-refractivity contribution in [2.75, 3.05) is 6.54 Å². The van der Waals surface area contributed by atoms with E-state index in [0.29, 0.717) is 0 Å². The van der Waals surface area contributed by atoms with E-state index < -0.39 is 5.97 Å². The molecule has 0 amide bonds. The van der Waals surface area contributed by atoms with Crippen molar-refractivity contribution in [3.8, 4) is 0 Å². The van der Waals surface area contributed by atoms with Gasteiger partial charge in [-0.25, -0.2) is 0 Å². The second kappa shape index (κ2) is 7.33. The molecule has 1 atom stereocenters. The molecule has 80 valence electrons. The summed E-state index contributed by atoms with van der Waals surface area (Å²) < 4.78 is 0. The molecule has 0 saturated carbocycles. The lowest BCUT2D eigenvalue weighted by Gasteiger charge is -1.99. The maximum absolute atomic E-state index is 8.89. The molecule has 1 unspecified atom stereocenters. The molecule has 3 heteroatoms. The molecule has 3 nitrogen and oxygen atoms in total. The summed E-state index contributed by atoms with van der Waals surface area (Å²) in [5, 5.41) is 8.89. The first-order valence-corrected chi connectivity index (χ1v) is 5.02. The van der Waals surface area contributed by atoms with Crippen LogP contribution in [0, 0.1) is 0 Å². The van der Waals surface area contributed by atoms with Crippen molar-refractivity contribution in [2.24, 2.45) is 0 Å². The van der Waals surface area contributed by atoms with Crippen LogP contribution in [0.5, 0.6) is 0 Å². The third kappa shape index (κ3) is 6.43. The van der Waals surface area contributed by atoms with Gasteiger partial charge in [0, 0.05) is 17.6 Å². The smallest absolute Gasteiger partial charge is 0.102 e. The molecule has 0 radical (unpaired) electrons. The molecule has 0 spiro atoms. The first kappa shape index (κ1) is 12.9. The van der Waals surface area contributed by atoms with Gasteiger partial charge in [0.1, 0.15) is 6.20 Å². The van der Waals surface area contributed by atoms with Gasteiger partial charge in [-0.1, -0.05) is 13.3 Å². The number of carbonyl (C=O) groups excluding carboxylic acids is 1. The van der Waals surface area contributed by atoms with E-state index in [1.807, 2.05) is 0 Å². The van der Waals surface area contributed by atoms with Gasteiger partial charge in [0.15, 0.2) is 0 Å². The van der Waals surface area contributed by atoms with E-state index in [0.717, 1.165) is 6.92 Å². The Bertz CT molecular complexity index is 227. The Morgan fingerprint density at radius 1 is 1.50 bits per heavy atom. The minimum atomic E-state index is -1.08. The van der Waals surface area contributed by atoms with E-state index in [-0.39, 0.29) is 0 Å². The third-order valence-corrected chi connectivity index (χ3v) is 1.83. The summed E-state index contributed by atoms with van der Waals surface area (Å²) in [6.45, 7) is 6.56. The van der Waals surface area contributed by atoms with Crippen molar-refractivity contribution < 1.29 is 14.8 Å². The van der Waals surface area contributed by atoms with E-state index in [9.17, 15) is 0 Å². The summed E-state index contributed by atoms with van der Waals surface area (Å²) in [5.41, 5.74) is 1.50. The predicted molar refractivity (Wildman–Crippen MR) is 54.3 cm³/mol. The molecule has 0 aromatic heterocycles. The van der Waals surface area contributed by atoms with E-state index in [1.165, 1.54) is 29.9 Å². The summed E-state index contributed by atoms with van der Waals surface area (Å²) in [5.74, 6) is -1.08. The van der Waals surface area contributed by atoms with Gasteiger partial charge in [-0.15, -0.1) is 0 Å². The molecule has 1 aliphatic heterocycles. The van der Waals surface area contributed by atoms with Crippen molar-refractivity contribution >= 4 is 5.97 Å². The number of allylic oxidation sites excluding steroid dienone is 2. The van der Waals surface area contributed by atoms with Crippen molar-refractivity contribution in [1.82, 2.24) is 0 Å². The third-order valence-electron chi connectivity index (χ3n) is 1.83. The van der Waals surface area contributed by atoms with Crippen LogP contribution >= 0.6 is 0 Å². The van der Waals surface area contributed by atoms with Crippen LogP contribution in [0.25, 0.3) is 0 Å². The van der Waals surface area contributed by atoms with Crippen LogP contribution in [0.3, 0.4) is 0 Å². The van der Waals surface area contributed by atoms with Crippen LogP contribution < -0.4 is 10.0 Å². The molecule has 14 heavy (non-hydrogen) atoms. The number of carbonyl (C=O) groups is 1. The molecule has 0 aliphatic carbocycles. The molecule has 0 saturated heterocycles. The van der Waals surface area contributed by atoms with Gasteiger partial charge >= 0.3 is 0 Å². The number of nitrogens with one attached hydrogen (secondary N) is 1. The number of aliphatic carboxylic acids is 1. The maximum atomic E-state index is 8.89. The monoisotopic (exact) mass is 197 g/mol. The lowest BCUT2D eigenvalue weighted by molar-refractivity contribution is -0.785. The Morgan fingerprint density at radius 3 is 2.43 bits per heavy atom. The van der Waals surface area contributed by atoms with Crippen molar-refractivity contribution in [3.05, 3.63) is 24.0 Å². The fourth-order valence-electron chi connectivity index (χ4n) is 1.21. The van der Waals surface area contributed by atoms with Gasteiger partial charge in [0.2, 0.25) is 0 Å². The Balaban J connectivity index is 0.000000364. The van der Waals surface area contributed by atoms with Crippen molar-refractivity contribution in [3.63, 3.8) is 0 Å². The maximum Gasteiger partial charge on any atom is 0.102 e. The number of rotatable bonds is 3. The normalized spacial score (nSPS) is 18.5. The topological polar surface area (TPSA) is 44.6 Å². The number of quaternary nitrogens is 1. The van der Waals surface area contributed by atoms with E-state index in [4.69, 9.17) is 9.90 Å². The zero-order valence-corrected chi connectivity index (χ0v) is 9.17. The van der Waals surface area contributed by atoms with Crippen LogP contribution in [-0.2, 0) is 4.79 Å². The number of carboxylic acids is 1. The molecule has 0 fully saturated rings. The number of hydrogen-bond donors (Lipinski definition) is 1. The first-order chi connectivity index (χ1) is 6.60. The summed E-state index contributed by atoms with van der Waals surface area (Å²) >= 11 is 0. The largest absolute Gasteiger partial charge is 0.550 e. The Labute approximate surface area is 85.7 Å². The lowest BCUT2D eigenvalue weighted by Crippen LogP contribution is -3.01. The SMILES string of the molecule is CC(=O)[O-].CCCC1=C[NH+](CC)C=C1. The first-order valence-electron chi connectivity index (χ1n) is 5.02. The lowest BCUT2D eigenvalue weighted by atomic mass is 10.2. The molecule has 1 heterocycles. The molecule has 0 bridgehead atoms. The number of carboxylic acid groups (broad SMARTS) is 1. The summed E-state index contributed by atoms with van der Waals surface area (Å²) in [4.78, 5) is 10.4. The average Bonchev–Trinajstić information content (AvgIpc) is 2.52. The van der Waals surface area contributed by atoms with Crippen LogP contribution in [0.2, 0.25) is 0 Å². The highest BCUT2D eigenvalue weighted by atomic mass is 16.4. The second-order valence-electron chi connectivity index (χ2n) is 3.22. The van der Waals surface area contributed by atoms with Gasteiger partial charge in [-0.2, -0.15) is 0 Å². The molecule has 1 aliphatic rings. The molecule has 0 aromatic rings. The Hall–Kier alpha value is -1.09. The standard InChI is InChI=1S/C9H15N.C2H4O2/c1-3-5-9-6-7-10(4-2)8-9;1-2(3)4/h6-8H,3-5H2,1-2H3;1H3,(H,3,4). The fourth-order valence-corrected chi connectivity index (χ4v) is 1.21. The second-order valence-corrected chi connectivity index (χ2v) is 3.22. The van der Waals surface area contributed by atoms with Crippen LogP contribution in [-0.4, -0.2) is 12.5 Å². The molecular formula is C11H19NO2. The van der Waals surface area contributed by atoms with E-state index in [2.05, 4.69) is 32.3 Å². The quantitative estimate of drug-likeness (QED) is 0.684. The van der Waals surface area contributed by atoms with Crippen LogP contribution in [0.1, 0.15) is 33.6 Å². The van der Waals surface area contributed by atoms with Crippen molar-refractivity contribution in [1.29, 1.82) is 0 Å². The van der Waals surface area contributed by atoms with Gasteiger partial charge < -0.3 is 9.90 Å². The summed E-state index contributed by atoms with van der Waals surface area (Å²) in [6, 6.07) is 0. The highest BCUT2D eigenvalue weighted by molar-refractivity contribution is 5.60. The molecule has 0 aromatic carbocycles. The van der Waals surface area contributed by atoms with Crippen LogP contribution in [0.15, 0.2) is 24.0 Å². The zero-order valence-electron chi connectivity index (χ0n) is 9.17. The Kier molecular flexibility index (Phi) is 6.76. The molecular weight excluding hydrogens is 178 g/mol. The van der Waals surface area contributed by atoms with Gasteiger partial charge in [-0.3, -0.25) is 4.90 Å². The fraction of sp³-hybridized carbons (Fsp3) is 0.545. The summed E-state index contributed by atoms with van der Waals surface area (Å²) in [7, 11) is 0. The number of hydrogen-bond acceptors (Lipinski definition) is 2. The highest BCUT2D eigenvalue weighted by Crippen LogP contribution is 2.05. The van der Waals surface area contributed by atoms with Crippen LogP contribution in [0.4, 0.5) is 0 Å². The minimum Gasteiger partial charge on any atom is -0.550 e. The Morgan fingerprint density at radius 2 is 2.07 bits per heavy atom. The van der Waals surface area contributed by atoms with Gasteiger partial charge in [0.05, 0.1) is 12.7 Å². The zero-order chi connectivity index (χ0) is 11.0. The highest BCUT2D eigenvalue weighted by Gasteiger charge is 2.06. The molecule has 1 rings (SSSR count). The average molecular weight is 197 g/mol. The van der Waals surface area contributed by atoms with Gasteiger partial charge in [-0.05, 0) is 20.3 Å². The predicted octanol–water partition coefficient (Wildman–Crippen LogP) is -0.141. The van der Waals surface area contributed by atoms with E-state index >= 15 is 0 Å². The minimum absolute atomic E-state index is 0.972. The molecule has 1 N–H and O–H groups in total. The van der Waals surface area contributed by atoms with Crippen molar-refractivity contribution in [2.45, 2.75) is 33.6 Å². The van der Waals surface area contributed by atoms with E-state index in [1.54, 1.807) is 0 Å². The summed E-state index contributed by atoms with van der Waals surface area (Å²) in [6.07, 6.45) is 9.27. The van der Waals surface area contributed by atoms with Gasteiger partial charge in [0.25, 0.3) is 0 Å².